The molecule has 0 unspecified atom stereocenters. The Labute approximate surface area is 209 Å². The van der Waals surface area contributed by atoms with Crippen LogP contribution < -0.4 is 10.6 Å². The van der Waals surface area contributed by atoms with E-state index in [0.717, 1.165) is 49.1 Å². The molecule has 2 N–H and O–H groups in total. The van der Waals surface area contributed by atoms with Crippen LogP contribution in [-0.2, 0) is 18.4 Å². The van der Waals surface area contributed by atoms with E-state index in [0.29, 0.717) is 5.16 Å². The summed E-state index contributed by atoms with van der Waals surface area (Å²) in [6.07, 6.45) is 5.66. The molecule has 3 aromatic rings. The first-order valence-corrected chi connectivity index (χ1v) is 12.0. The first-order valence-electron chi connectivity index (χ1n) is 11.2. The molecule has 1 fully saturated rings. The fraction of sp³-hybridized carbons (Fsp3) is 0.364. The first kappa shape index (κ1) is 25.2. The van der Waals surface area contributed by atoms with Gasteiger partial charge >= 0.3 is 0 Å². The highest BCUT2D eigenvalue weighted by molar-refractivity contribution is 7.99. The van der Waals surface area contributed by atoms with E-state index in [1.165, 1.54) is 23.7 Å². The van der Waals surface area contributed by atoms with Crippen LogP contribution in [0.15, 0.2) is 34.4 Å². The Morgan fingerprint density at radius 1 is 1.28 bits per heavy atom. The Kier molecular flexibility index (Phi) is 7.52. The van der Waals surface area contributed by atoms with Gasteiger partial charge in [-0.15, -0.1) is 5.10 Å². The second-order valence-electron chi connectivity index (χ2n) is 8.37. The third-order valence-corrected chi connectivity index (χ3v) is 6.94. The smallest absolute Gasteiger partial charge is 0.275 e. The number of anilines is 1. The number of tetrazole rings is 1. The lowest BCUT2D eigenvalue weighted by molar-refractivity contribution is -0.385. The van der Waals surface area contributed by atoms with Crippen molar-refractivity contribution in [2.24, 2.45) is 7.05 Å². The molecule has 0 bridgehead atoms. The molecule has 1 saturated carbocycles. The number of rotatable bonds is 8. The number of benzene rings is 1. The predicted molar refractivity (Wildman–Crippen MR) is 127 cm³/mol. The Bertz CT molecular complexity index is 1330. The van der Waals surface area contributed by atoms with Gasteiger partial charge in [-0.25, -0.2) is 14.1 Å². The maximum atomic E-state index is 14.8. The number of pyridine rings is 1. The van der Waals surface area contributed by atoms with Gasteiger partial charge in [-0.3, -0.25) is 19.7 Å². The lowest BCUT2D eigenvalue weighted by atomic mass is 9.99. The van der Waals surface area contributed by atoms with Gasteiger partial charge in [-0.1, -0.05) is 12.8 Å². The lowest BCUT2D eigenvalue weighted by Crippen LogP contribution is -2.21. The summed E-state index contributed by atoms with van der Waals surface area (Å²) in [5, 5.41) is 28.2. The minimum Gasteiger partial charge on any atom is -0.352 e. The Balaban J connectivity index is 1.69. The zero-order valence-corrected chi connectivity index (χ0v) is 20.3. The van der Waals surface area contributed by atoms with Crippen molar-refractivity contribution in [3.63, 3.8) is 0 Å². The summed E-state index contributed by atoms with van der Waals surface area (Å²) in [6.45, 7) is 1.16. The summed E-state index contributed by atoms with van der Waals surface area (Å²) >= 11 is 0.995. The van der Waals surface area contributed by atoms with Crippen LogP contribution in [0.25, 0.3) is 0 Å². The third kappa shape index (κ3) is 5.64. The zero-order valence-electron chi connectivity index (χ0n) is 19.5. The molecule has 14 heteroatoms. The van der Waals surface area contributed by atoms with Crippen LogP contribution in [0.1, 0.15) is 60.0 Å². The van der Waals surface area contributed by atoms with E-state index in [1.54, 1.807) is 13.2 Å². The molecule has 0 aliphatic heterocycles. The van der Waals surface area contributed by atoms with Crippen LogP contribution in [0.3, 0.4) is 0 Å². The Morgan fingerprint density at radius 3 is 2.64 bits per heavy atom. The fourth-order valence-corrected chi connectivity index (χ4v) is 4.92. The molecule has 36 heavy (non-hydrogen) atoms. The third-order valence-electron chi connectivity index (χ3n) is 5.85. The van der Waals surface area contributed by atoms with Crippen molar-refractivity contribution in [1.29, 1.82) is 0 Å². The number of nitro benzene ring substituents is 1. The number of nitrogens with zero attached hydrogens (tertiary/aromatic N) is 6. The van der Waals surface area contributed by atoms with E-state index in [2.05, 4.69) is 31.1 Å². The van der Waals surface area contributed by atoms with Gasteiger partial charge in [0.15, 0.2) is 11.6 Å². The van der Waals surface area contributed by atoms with Gasteiger partial charge in [0.2, 0.25) is 11.1 Å². The quantitative estimate of drug-likeness (QED) is 0.340. The average Bonchev–Trinajstić information content (AvgIpc) is 3.51. The molecule has 0 atom stereocenters. The number of nitrogens with one attached hydrogen (secondary N) is 2. The van der Waals surface area contributed by atoms with Crippen molar-refractivity contribution < 1.29 is 18.9 Å². The summed E-state index contributed by atoms with van der Waals surface area (Å²) in [6, 6.07) is 3.87. The zero-order chi connectivity index (χ0) is 25.8. The second-order valence-corrected chi connectivity index (χ2v) is 9.37. The van der Waals surface area contributed by atoms with Crippen molar-refractivity contribution in [1.82, 2.24) is 30.5 Å². The van der Waals surface area contributed by atoms with Gasteiger partial charge in [-0.2, -0.15) is 0 Å². The van der Waals surface area contributed by atoms with E-state index >= 15 is 0 Å². The number of halogens is 1. The summed E-state index contributed by atoms with van der Waals surface area (Å²) < 4.78 is 16.2. The van der Waals surface area contributed by atoms with Gasteiger partial charge in [-0.05, 0) is 58.6 Å². The highest BCUT2D eigenvalue weighted by Crippen LogP contribution is 2.36. The van der Waals surface area contributed by atoms with Crippen molar-refractivity contribution in [3.8, 4) is 0 Å². The number of nitro groups is 1. The average molecular weight is 515 g/mol. The molecule has 2 aromatic heterocycles. The minimum absolute atomic E-state index is 0.0951. The number of hydrogen-bond donors (Lipinski definition) is 2. The normalized spacial score (nSPS) is 13.5. The SMILES string of the molecule is CC(=O)NCc1cc(Sc2nnnn2C)c(C(=O)Nc2ncc(C3CCCC3)cc2F)cc1[N+](=O)[O-]. The highest BCUT2D eigenvalue weighted by Gasteiger charge is 2.25. The molecule has 0 spiro atoms. The number of carbonyl (C=O) groups excluding carboxylic acids is 2. The van der Waals surface area contributed by atoms with Crippen molar-refractivity contribution in [2.75, 3.05) is 5.32 Å². The number of aryl methyl sites for hydroxylation is 1. The molecule has 1 aliphatic carbocycles. The standard InChI is InChI=1S/C22H23FN8O4S/c1-12(32)24-11-15-8-19(36-22-27-28-29-30(22)2)16(9-18(15)31(34)35)21(33)26-20-17(23)7-14(10-25-20)13-5-3-4-6-13/h7-10,13H,3-6,11H2,1-2H3,(H,24,32)(H,25,26,33). The van der Waals surface area contributed by atoms with Gasteiger partial charge < -0.3 is 10.6 Å². The maximum absolute atomic E-state index is 14.8. The summed E-state index contributed by atoms with van der Waals surface area (Å²) in [5.41, 5.74) is 0.489. The largest absolute Gasteiger partial charge is 0.352 e. The minimum atomic E-state index is -0.790. The summed E-state index contributed by atoms with van der Waals surface area (Å²) in [7, 11) is 1.59. The van der Waals surface area contributed by atoms with Crippen molar-refractivity contribution in [3.05, 3.63) is 57.0 Å². The molecule has 2 heterocycles. The van der Waals surface area contributed by atoms with Crippen LogP contribution in [0.2, 0.25) is 0 Å². The first-order chi connectivity index (χ1) is 17.2. The number of hydrogen-bond acceptors (Lipinski definition) is 9. The van der Waals surface area contributed by atoms with Crippen LogP contribution in [0, 0.1) is 15.9 Å². The van der Waals surface area contributed by atoms with Crippen LogP contribution in [0.4, 0.5) is 15.9 Å². The monoisotopic (exact) mass is 514 g/mol. The maximum Gasteiger partial charge on any atom is 0.275 e. The van der Waals surface area contributed by atoms with Crippen molar-refractivity contribution >= 4 is 35.1 Å². The molecule has 0 radical (unpaired) electrons. The molecule has 1 aromatic carbocycles. The van der Waals surface area contributed by atoms with E-state index in [-0.39, 0.29) is 45.9 Å². The number of aromatic nitrogens is 5. The molecular weight excluding hydrogens is 491 g/mol. The van der Waals surface area contributed by atoms with E-state index in [9.17, 15) is 24.1 Å². The predicted octanol–water partition coefficient (Wildman–Crippen LogP) is 3.35. The highest BCUT2D eigenvalue weighted by atomic mass is 32.2. The second kappa shape index (κ2) is 10.8. The van der Waals surface area contributed by atoms with Gasteiger partial charge in [0.25, 0.3) is 11.6 Å². The van der Waals surface area contributed by atoms with Crippen LogP contribution in [0.5, 0.6) is 0 Å². The van der Waals surface area contributed by atoms with E-state index in [1.807, 2.05) is 0 Å². The molecule has 2 amide bonds. The van der Waals surface area contributed by atoms with E-state index in [4.69, 9.17) is 0 Å². The number of amides is 2. The lowest BCUT2D eigenvalue weighted by Gasteiger charge is -2.14. The van der Waals surface area contributed by atoms with E-state index < -0.39 is 16.6 Å². The molecular formula is C22H23FN8O4S. The Hall–Kier alpha value is -3.94. The molecule has 0 saturated heterocycles. The van der Waals surface area contributed by atoms with Crippen molar-refractivity contribution in [2.45, 2.75) is 55.1 Å². The molecule has 1 aliphatic rings. The topological polar surface area (TPSA) is 158 Å². The fourth-order valence-electron chi connectivity index (χ4n) is 4.01. The van der Waals surface area contributed by atoms with Gasteiger partial charge in [0.1, 0.15) is 0 Å². The summed E-state index contributed by atoms with van der Waals surface area (Å²) in [4.78, 5) is 40.1. The molecule has 188 valence electrons. The molecule has 4 rings (SSSR count). The van der Waals surface area contributed by atoms with Crippen LogP contribution in [-0.4, -0.2) is 41.9 Å². The number of carbonyl (C=O) groups is 2. The van der Waals surface area contributed by atoms with Crippen LogP contribution >= 0.6 is 11.8 Å². The van der Waals surface area contributed by atoms with Gasteiger partial charge in [0, 0.05) is 37.7 Å². The molecule has 12 nitrogen and oxygen atoms in total. The Morgan fingerprint density at radius 2 is 2.03 bits per heavy atom. The summed E-state index contributed by atoms with van der Waals surface area (Å²) in [5.74, 6) is -1.87. The van der Waals surface area contributed by atoms with Gasteiger partial charge in [0.05, 0.1) is 16.1 Å².